The number of hydrogen-bond acceptors (Lipinski definition) is 3. The van der Waals surface area contributed by atoms with E-state index in [1.54, 1.807) is 0 Å². The van der Waals surface area contributed by atoms with Crippen molar-refractivity contribution in [2.45, 2.75) is 19.5 Å². The van der Waals surface area contributed by atoms with Gasteiger partial charge < -0.3 is 10.6 Å². The fourth-order valence-corrected chi connectivity index (χ4v) is 2.64. The van der Waals surface area contributed by atoms with Crippen molar-refractivity contribution >= 4 is 21.8 Å². The lowest BCUT2D eigenvalue weighted by atomic mass is 10.1. The standard InChI is InChI=1S/C14H20BrN3O/c1-10-3-4-12(15)7-11(10)8-17-14(19)13-9-16-5-6-18(13)2/h3-4,7,13,16H,5-6,8-9H2,1-2H3,(H,17,19). The van der Waals surface area contributed by atoms with Crippen LogP contribution < -0.4 is 10.6 Å². The van der Waals surface area contributed by atoms with Crippen molar-refractivity contribution in [1.82, 2.24) is 15.5 Å². The molecule has 2 N–H and O–H groups in total. The van der Waals surface area contributed by atoms with Crippen LogP contribution >= 0.6 is 15.9 Å². The molecule has 0 aliphatic carbocycles. The summed E-state index contributed by atoms with van der Waals surface area (Å²) in [5.74, 6) is 0.0917. The van der Waals surface area contributed by atoms with Crippen LogP contribution in [0.4, 0.5) is 0 Å². The summed E-state index contributed by atoms with van der Waals surface area (Å²) in [6, 6.07) is 6.05. The first-order chi connectivity index (χ1) is 9.08. The summed E-state index contributed by atoms with van der Waals surface area (Å²) >= 11 is 3.46. The molecule has 1 aromatic rings. The summed E-state index contributed by atoms with van der Waals surface area (Å²) < 4.78 is 1.04. The highest BCUT2D eigenvalue weighted by atomic mass is 79.9. The number of benzene rings is 1. The number of nitrogens with one attached hydrogen (secondary N) is 2. The van der Waals surface area contributed by atoms with Crippen molar-refractivity contribution in [1.29, 1.82) is 0 Å². The highest BCUT2D eigenvalue weighted by Crippen LogP contribution is 2.15. The molecule has 1 aliphatic heterocycles. The van der Waals surface area contributed by atoms with Crippen molar-refractivity contribution < 1.29 is 4.79 Å². The third kappa shape index (κ3) is 3.78. The molecular formula is C14H20BrN3O. The predicted octanol–water partition coefficient (Wildman–Crippen LogP) is 1.28. The Kier molecular flexibility index (Phi) is 4.96. The minimum Gasteiger partial charge on any atom is -0.351 e. The van der Waals surface area contributed by atoms with E-state index < -0.39 is 0 Å². The van der Waals surface area contributed by atoms with Gasteiger partial charge in [0.1, 0.15) is 6.04 Å². The highest BCUT2D eigenvalue weighted by Gasteiger charge is 2.25. The Morgan fingerprint density at radius 3 is 3.11 bits per heavy atom. The average Bonchev–Trinajstić information content (AvgIpc) is 2.40. The third-order valence-electron chi connectivity index (χ3n) is 3.58. The van der Waals surface area contributed by atoms with E-state index >= 15 is 0 Å². The molecule has 1 saturated heterocycles. The van der Waals surface area contributed by atoms with Crippen LogP contribution in [0.1, 0.15) is 11.1 Å². The maximum Gasteiger partial charge on any atom is 0.238 e. The van der Waals surface area contributed by atoms with Crippen LogP contribution in [-0.2, 0) is 11.3 Å². The van der Waals surface area contributed by atoms with Crippen molar-refractivity contribution in [3.05, 3.63) is 33.8 Å². The van der Waals surface area contributed by atoms with Gasteiger partial charge in [-0.05, 0) is 37.2 Å². The van der Waals surface area contributed by atoms with Gasteiger partial charge in [0.25, 0.3) is 0 Å². The van der Waals surface area contributed by atoms with Crippen molar-refractivity contribution in [2.75, 3.05) is 26.7 Å². The summed E-state index contributed by atoms with van der Waals surface area (Å²) in [6.07, 6.45) is 0. The van der Waals surface area contributed by atoms with Gasteiger partial charge in [-0.2, -0.15) is 0 Å². The van der Waals surface area contributed by atoms with Crippen LogP contribution in [0.2, 0.25) is 0 Å². The third-order valence-corrected chi connectivity index (χ3v) is 4.07. The SMILES string of the molecule is Cc1ccc(Br)cc1CNC(=O)C1CNCCN1C. The lowest BCUT2D eigenvalue weighted by Gasteiger charge is -2.31. The van der Waals surface area contributed by atoms with Crippen molar-refractivity contribution in [3.8, 4) is 0 Å². The monoisotopic (exact) mass is 325 g/mol. The first-order valence-corrected chi connectivity index (χ1v) is 7.31. The van der Waals surface area contributed by atoms with Crippen LogP contribution in [0.3, 0.4) is 0 Å². The molecule has 1 aromatic carbocycles. The zero-order valence-corrected chi connectivity index (χ0v) is 13.0. The quantitative estimate of drug-likeness (QED) is 0.879. The van der Waals surface area contributed by atoms with Crippen LogP contribution in [0.5, 0.6) is 0 Å². The molecule has 1 amide bonds. The molecule has 0 saturated carbocycles. The smallest absolute Gasteiger partial charge is 0.238 e. The highest BCUT2D eigenvalue weighted by molar-refractivity contribution is 9.10. The van der Waals surface area contributed by atoms with Crippen LogP contribution in [-0.4, -0.2) is 43.5 Å². The number of nitrogens with zero attached hydrogens (tertiary/aromatic N) is 1. The van der Waals surface area contributed by atoms with Gasteiger partial charge in [0, 0.05) is 30.7 Å². The second-order valence-corrected chi connectivity index (χ2v) is 5.90. The van der Waals surface area contributed by atoms with Gasteiger partial charge in [0.2, 0.25) is 5.91 Å². The summed E-state index contributed by atoms with van der Waals surface area (Å²) in [7, 11) is 2.00. The zero-order chi connectivity index (χ0) is 13.8. The van der Waals surface area contributed by atoms with Gasteiger partial charge in [0.05, 0.1) is 0 Å². The molecule has 0 bridgehead atoms. The number of halogens is 1. The molecule has 1 unspecified atom stereocenters. The van der Waals surface area contributed by atoms with Gasteiger partial charge in [0.15, 0.2) is 0 Å². The lowest BCUT2D eigenvalue weighted by Crippen LogP contribution is -2.56. The number of rotatable bonds is 3. The Labute approximate surface area is 122 Å². The van der Waals surface area contributed by atoms with E-state index in [0.717, 1.165) is 29.7 Å². The van der Waals surface area contributed by atoms with E-state index in [4.69, 9.17) is 0 Å². The first-order valence-electron chi connectivity index (χ1n) is 6.51. The molecule has 0 spiro atoms. The van der Waals surface area contributed by atoms with Crippen molar-refractivity contribution in [3.63, 3.8) is 0 Å². The predicted molar refractivity (Wildman–Crippen MR) is 80.0 cm³/mol. The Morgan fingerprint density at radius 2 is 2.37 bits per heavy atom. The molecule has 4 nitrogen and oxygen atoms in total. The molecule has 1 aliphatic rings. The van der Waals surface area contributed by atoms with E-state index in [9.17, 15) is 4.79 Å². The second-order valence-electron chi connectivity index (χ2n) is 4.99. The first kappa shape index (κ1) is 14.5. The number of carbonyl (C=O) groups excluding carboxylic acids is 1. The van der Waals surface area contributed by atoms with Gasteiger partial charge >= 0.3 is 0 Å². The molecule has 19 heavy (non-hydrogen) atoms. The molecule has 1 heterocycles. The minimum atomic E-state index is -0.0683. The Hall–Kier alpha value is -0.910. The molecule has 5 heteroatoms. The summed E-state index contributed by atoms with van der Waals surface area (Å²) in [6.45, 7) is 5.22. The molecule has 1 atom stereocenters. The molecular weight excluding hydrogens is 306 g/mol. The van der Waals surface area contributed by atoms with E-state index in [0.29, 0.717) is 6.54 Å². The van der Waals surface area contributed by atoms with Gasteiger partial charge in [-0.15, -0.1) is 0 Å². The van der Waals surface area contributed by atoms with Crippen LogP contribution in [0.25, 0.3) is 0 Å². The number of likely N-dealkylation sites (N-methyl/N-ethyl adjacent to an activating group) is 1. The number of piperazine rings is 1. The van der Waals surface area contributed by atoms with Gasteiger partial charge in [-0.25, -0.2) is 0 Å². The maximum absolute atomic E-state index is 12.2. The average molecular weight is 326 g/mol. The van der Waals surface area contributed by atoms with Crippen molar-refractivity contribution in [2.24, 2.45) is 0 Å². The summed E-state index contributed by atoms with van der Waals surface area (Å²) in [5.41, 5.74) is 2.34. The van der Waals surface area contributed by atoms with E-state index in [1.807, 2.05) is 13.1 Å². The zero-order valence-electron chi connectivity index (χ0n) is 11.4. The largest absolute Gasteiger partial charge is 0.351 e. The summed E-state index contributed by atoms with van der Waals surface area (Å²) in [4.78, 5) is 14.3. The molecule has 2 rings (SSSR count). The maximum atomic E-state index is 12.2. The van der Waals surface area contributed by atoms with Gasteiger partial charge in [-0.1, -0.05) is 22.0 Å². The van der Waals surface area contributed by atoms with E-state index in [-0.39, 0.29) is 11.9 Å². The van der Waals surface area contributed by atoms with Gasteiger partial charge in [-0.3, -0.25) is 9.69 Å². The van der Waals surface area contributed by atoms with Crippen LogP contribution in [0, 0.1) is 6.92 Å². The lowest BCUT2D eigenvalue weighted by molar-refractivity contribution is -0.126. The fraction of sp³-hybridized carbons (Fsp3) is 0.500. The van der Waals surface area contributed by atoms with Crippen LogP contribution in [0.15, 0.2) is 22.7 Å². The Balaban J connectivity index is 1.94. The molecule has 104 valence electrons. The Morgan fingerprint density at radius 1 is 1.58 bits per heavy atom. The molecule has 0 radical (unpaired) electrons. The van der Waals surface area contributed by atoms with E-state index in [2.05, 4.69) is 50.5 Å². The topological polar surface area (TPSA) is 44.4 Å². The summed E-state index contributed by atoms with van der Waals surface area (Å²) in [5, 5.41) is 6.28. The molecule has 1 fully saturated rings. The normalized spacial score (nSPS) is 20.3. The number of hydrogen-bond donors (Lipinski definition) is 2. The Bertz CT molecular complexity index is 464. The minimum absolute atomic E-state index is 0.0683. The second kappa shape index (κ2) is 6.50. The number of amides is 1. The number of aryl methyl sites for hydroxylation is 1. The number of carbonyl (C=O) groups is 1. The van der Waals surface area contributed by atoms with E-state index in [1.165, 1.54) is 5.56 Å². The fourth-order valence-electron chi connectivity index (χ4n) is 2.23. The molecule has 0 aromatic heterocycles.